The molecule has 242 valence electrons. The van der Waals surface area contributed by atoms with Gasteiger partial charge < -0.3 is 20.4 Å². The Morgan fingerprint density at radius 3 is 1.33 bits per heavy atom. The molecule has 42 heavy (non-hydrogen) atoms. The van der Waals surface area contributed by atoms with Crippen LogP contribution in [-0.4, -0.2) is 99.9 Å². The summed E-state index contributed by atoms with van der Waals surface area (Å²) < 4.78 is 0. The fraction of sp³-hybridized carbons (Fsp3) is 0.909. The third-order valence-corrected chi connectivity index (χ3v) is 10.5. The van der Waals surface area contributed by atoms with Gasteiger partial charge in [-0.15, -0.1) is 0 Å². The Morgan fingerprint density at radius 2 is 1.02 bits per heavy atom. The molecule has 2 aliphatic rings. The van der Waals surface area contributed by atoms with Crippen molar-refractivity contribution in [1.29, 1.82) is 0 Å². The number of hydrogen-bond donors (Lipinski definition) is 2. The first kappa shape index (κ1) is 34.8. The molecule has 2 fully saturated rings. The topological polar surface area (TPSA) is 75.7 Å². The first-order valence-corrected chi connectivity index (χ1v) is 16.6. The highest BCUT2D eigenvalue weighted by molar-refractivity contribution is 5.47. The molecule has 2 saturated heterocycles. The van der Waals surface area contributed by atoms with Gasteiger partial charge in [-0.05, 0) is 115 Å². The van der Waals surface area contributed by atoms with Gasteiger partial charge in [0.2, 0.25) is 17.8 Å². The van der Waals surface area contributed by atoms with E-state index in [2.05, 4.69) is 114 Å². The van der Waals surface area contributed by atoms with Gasteiger partial charge in [0.15, 0.2) is 0 Å². The lowest BCUT2D eigenvalue weighted by Crippen LogP contribution is -2.63. The molecule has 0 spiro atoms. The molecule has 0 unspecified atom stereocenters. The monoisotopic (exact) mass is 588 g/mol. The van der Waals surface area contributed by atoms with E-state index in [4.69, 9.17) is 15.0 Å². The van der Waals surface area contributed by atoms with Crippen molar-refractivity contribution < 1.29 is 0 Å². The Morgan fingerprint density at radius 1 is 0.667 bits per heavy atom. The van der Waals surface area contributed by atoms with Crippen molar-refractivity contribution in [2.24, 2.45) is 0 Å². The summed E-state index contributed by atoms with van der Waals surface area (Å²) in [5.41, 5.74) is 0.327. The van der Waals surface area contributed by atoms with Crippen LogP contribution in [0.5, 0.6) is 0 Å². The van der Waals surface area contributed by atoms with E-state index in [0.29, 0.717) is 24.7 Å². The lowest BCUT2D eigenvalue weighted by molar-refractivity contribution is -0.0130. The van der Waals surface area contributed by atoms with Crippen LogP contribution >= 0.6 is 0 Å². The fourth-order valence-corrected chi connectivity index (χ4v) is 7.48. The van der Waals surface area contributed by atoms with Crippen molar-refractivity contribution in [3.05, 3.63) is 0 Å². The van der Waals surface area contributed by atoms with Crippen LogP contribution in [0.25, 0.3) is 0 Å². The molecule has 1 aromatic heterocycles. The smallest absolute Gasteiger partial charge is 0.232 e. The molecule has 9 nitrogen and oxygen atoms in total. The number of nitrogens with zero attached hydrogens (tertiary/aromatic N) is 7. The maximum Gasteiger partial charge on any atom is 0.232 e. The molecule has 3 heterocycles. The largest absolute Gasteiger partial charge is 0.341 e. The van der Waals surface area contributed by atoms with Crippen LogP contribution in [-0.2, 0) is 0 Å². The van der Waals surface area contributed by atoms with Gasteiger partial charge in [-0.2, -0.15) is 15.0 Å². The summed E-state index contributed by atoms with van der Waals surface area (Å²) in [7, 11) is 6.51. The third-order valence-electron chi connectivity index (χ3n) is 10.5. The van der Waals surface area contributed by atoms with Crippen molar-refractivity contribution in [2.45, 2.75) is 155 Å². The Hall–Kier alpha value is -1.71. The van der Waals surface area contributed by atoms with Crippen LogP contribution in [0.3, 0.4) is 0 Å². The molecule has 0 atom stereocenters. The van der Waals surface area contributed by atoms with Crippen LogP contribution in [0.4, 0.5) is 17.8 Å². The minimum Gasteiger partial charge on any atom is -0.341 e. The van der Waals surface area contributed by atoms with Gasteiger partial charge in [0.1, 0.15) is 0 Å². The molecule has 2 aliphatic heterocycles. The normalized spacial score (nSPS) is 22.7. The van der Waals surface area contributed by atoms with Gasteiger partial charge in [-0.1, -0.05) is 26.7 Å². The Kier molecular flexibility index (Phi) is 11.2. The Labute approximate surface area is 258 Å². The average Bonchev–Trinajstić information content (AvgIpc) is 2.89. The molecule has 9 heteroatoms. The molecular formula is C33H65N9. The maximum atomic E-state index is 5.37. The standard InChI is InChI=1S/C33H65N9/c1-14-16-18-41(25-20-30(3,4)39(12)31(5,6)21-25)28-36-27(35-24-34-11)37-29(38-28)42(19-17-15-2)26-22-32(7,8)40(13)33(9,10)23-26/h25-26,34H,14-24H2,1-13H3,(H,35,36,37,38). The van der Waals surface area contributed by atoms with Crippen LogP contribution < -0.4 is 20.4 Å². The van der Waals surface area contributed by atoms with Crippen molar-refractivity contribution in [3.8, 4) is 0 Å². The second-order valence-corrected chi connectivity index (χ2v) is 15.6. The minimum absolute atomic E-state index is 0.0817. The van der Waals surface area contributed by atoms with E-state index in [1.807, 2.05) is 7.05 Å². The number of piperidine rings is 2. The number of likely N-dealkylation sites (tertiary alicyclic amines) is 2. The quantitative estimate of drug-likeness (QED) is 0.271. The minimum atomic E-state index is 0.0817. The number of rotatable bonds is 13. The summed E-state index contributed by atoms with van der Waals surface area (Å²) in [6, 6.07) is 0.714. The van der Waals surface area contributed by atoms with E-state index in [1.54, 1.807) is 0 Å². The second-order valence-electron chi connectivity index (χ2n) is 15.6. The molecule has 2 N–H and O–H groups in total. The zero-order valence-electron chi connectivity index (χ0n) is 29.6. The van der Waals surface area contributed by atoms with Crippen LogP contribution in [0.1, 0.15) is 121 Å². The molecule has 3 rings (SSSR count). The summed E-state index contributed by atoms with van der Waals surface area (Å²) in [5, 5.41) is 6.65. The first-order chi connectivity index (χ1) is 19.5. The number of anilines is 3. The van der Waals surface area contributed by atoms with Gasteiger partial charge >= 0.3 is 0 Å². The Bertz CT molecular complexity index is 897. The van der Waals surface area contributed by atoms with E-state index in [0.717, 1.165) is 76.4 Å². The summed E-state index contributed by atoms with van der Waals surface area (Å²) in [4.78, 5) is 25.7. The summed E-state index contributed by atoms with van der Waals surface area (Å²) in [5.74, 6) is 2.30. The molecule has 1 aromatic rings. The number of nitrogens with one attached hydrogen (secondary N) is 2. The third kappa shape index (κ3) is 7.86. The van der Waals surface area contributed by atoms with Gasteiger partial charge in [0.25, 0.3) is 0 Å². The van der Waals surface area contributed by atoms with Crippen molar-refractivity contribution in [3.63, 3.8) is 0 Å². The van der Waals surface area contributed by atoms with Gasteiger partial charge in [0.05, 0.1) is 6.67 Å². The fourth-order valence-electron chi connectivity index (χ4n) is 7.48. The van der Waals surface area contributed by atoms with Gasteiger partial charge in [0, 0.05) is 47.3 Å². The molecule has 0 radical (unpaired) electrons. The molecule has 0 amide bonds. The van der Waals surface area contributed by atoms with E-state index < -0.39 is 0 Å². The zero-order valence-corrected chi connectivity index (χ0v) is 29.6. The van der Waals surface area contributed by atoms with E-state index in [9.17, 15) is 0 Å². The summed E-state index contributed by atoms with van der Waals surface area (Å²) in [6.45, 7) is 26.1. The molecule has 0 aromatic carbocycles. The van der Waals surface area contributed by atoms with Crippen molar-refractivity contribution in [1.82, 2.24) is 30.1 Å². The highest BCUT2D eigenvalue weighted by Gasteiger charge is 2.47. The number of hydrogen-bond acceptors (Lipinski definition) is 9. The van der Waals surface area contributed by atoms with Crippen LogP contribution in [0, 0.1) is 0 Å². The van der Waals surface area contributed by atoms with Crippen LogP contribution in [0.15, 0.2) is 0 Å². The van der Waals surface area contributed by atoms with Gasteiger partial charge in [-0.25, -0.2) is 0 Å². The molecule has 0 bridgehead atoms. The maximum absolute atomic E-state index is 5.37. The van der Waals surface area contributed by atoms with E-state index in [1.165, 1.54) is 0 Å². The van der Waals surface area contributed by atoms with Crippen molar-refractivity contribution >= 4 is 17.8 Å². The average molecular weight is 588 g/mol. The summed E-state index contributed by atoms with van der Waals surface area (Å²) >= 11 is 0. The highest BCUT2D eigenvalue weighted by Crippen LogP contribution is 2.42. The first-order valence-electron chi connectivity index (χ1n) is 16.6. The van der Waals surface area contributed by atoms with E-state index in [-0.39, 0.29) is 22.2 Å². The predicted molar refractivity (Wildman–Crippen MR) is 180 cm³/mol. The predicted octanol–water partition coefficient (Wildman–Crippen LogP) is 5.98. The lowest BCUT2D eigenvalue weighted by atomic mass is 9.77. The molecule has 0 saturated carbocycles. The second kappa shape index (κ2) is 13.5. The lowest BCUT2D eigenvalue weighted by Gasteiger charge is -2.56. The van der Waals surface area contributed by atoms with Crippen LogP contribution in [0.2, 0.25) is 0 Å². The molecular weight excluding hydrogens is 522 g/mol. The summed E-state index contributed by atoms with van der Waals surface area (Å²) in [6.07, 6.45) is 8.82. The molecule has 0 aliphatic carbocycles. The van der Waals surface area contributed by atoms with E-state index >= 15 is 0 Å². The van der Waals surface area contributed by atoms with Crippen molar-refractivity contribution in [2.75, 3.05) is 56.0 Å². The SMILES string of the molecule is CCCCN(c1nc(NCNC)nc(N(CCCC)C2CC(C)(C)N(C)C(C)(C)C2)n1)C1CC(C)(C)N(C)C(C)(C)C1. The van der Waals surface area contributed by atoms with Gasteiger partial charge in [-0.3, -0.25) is 9.80 Å². The number of aromatic nitrogens is 3. The Balaban J connectivity index is 2.12. The zero-order chi connectivity index (χ0) is 31.5. The highest BCUT2D eigenvalue weighted by atomic mass is 15.4. The number of unbranched alkanes of at least 4 members (excludes halogenated alkanes) is 2.